The standard InChI is InChI=1S/C14H7FN2O4/c15-11-3-1-2-10(8-18)14(11)21-13-5-4-9(7-16)6-12(13)17(19)20/h1-6,8H. The molecule has 0 saturated carbocycles. The summed E-state index contributed by atoms with van der Waals surface area (Å²) in [7, 11) is 0. The summed E-state index contributed by atoms with van der Waals surface area (Å²) in [5.74, 6) is -1.48. The van der Waals surface area contributed by atoms with Crippen molar-refractivity contribution >= 4 is 12.0 Å². The molecule has 0 radical (unpaired) electrons. The van der Waals surface area contributed by atoms with Crippen LogP contribution in [0.3, 0.4) is 0 Å². The van der Waals surface area contributed by atoms with Crippen LogP contribution in [-0.4, -0.2) is 11.2 Å². The lowest BCUT2D eigenvalue weighted by atomic mass is 10.2. The van der Waals surface area contributed by atoms with Gasteiger partial charge in [-0.3, -0.25) is 14.9 Å². The molecule has 0 fully saturated rings. The van der Waals surface area contributed by atoms with Crippen LogP contribution in [0.2, 0.25) is 0 Å². The summed E-state index contributed by atoms with van der Waals surface area (Å²) in [6, 6.07) is 8.95. The molecule has 0 aromatic heterocycles. The summed E-state index contributed by atoms with van der Waals surface area (Å²) in [5.41, 5.74) is -0.499. The van der Waals surface area contributed by atoms with Gasteiger partial charge in [-0.15, -0.1) is 0 Å². The van der Waals surface area contributed by atoms with E-state index in [2.05, 4.69) is 0 Å². The Bertz CT molecular complexity index is 768. The van der Waals surface area contributed by atoms with Crippen LogP contribution in [0.25, 0.3) is 0 Å². The number of aldehydes is 1. The van der Waals surface area contributed by atoms with Crippen LogP contribution in [0, 0.1) is 27.3 Å². The molecule has 0 N–H and O–H groups in total. The Hall–Kier alpha value is -3.27. The molecule has 0 heterocycles. The number of carbonyl (C=O) groups excluding carboxylic acids is 1. The molecule has 0 spiro atoms. The van der Waals surface area contributed by atoms with Gasteiger partial charge in [0.15, 0.2) is 17.9 Å². The number of nitriles is 1. The zero-order chi connectivity index (χ0) is 15.4. The molecule has 0 saturated heterocycles. The van der Waals surface area contributed by atoms with Gasteiger partial charge in [-0.1, -0.05) is 6.07 Å². The lowest BCUT2D eigenvalue weighted by Crippen LogP contribution is -1.98. The Morgan fingerprint density at radius 1 is 1.33 bits per heavy atom. The fraction of sp³-hybridized carbons (Fsp3) is 0. The number of benzene rings is 2. The normalized spacial score (nSPS) is 9.71. The number of carbonyl (C=O) groups is 1. The van der Waals surface area contributed by atoms with Gasteiger partial charge in [0.2, 0.25) is 5.75 Å². The molecule has 2 rings (SSSR count). The van der Waals surface area contributed by atoms with Crippen LogP contribution in [0.5, 0.6) is 11.5 Å². The third kappa shape index (κ3) is 2.84. The number of nitrogens with zero attached hydrogens (tertiary/aromatic N) is 2. The summed E-state index contributed by atoms with van der Waals surface area (Å²) in [4.78, 5) is 21.1. The van der Waals surface area contributed by atoms with E-state index in [1.54, 1.807) is 6.07 Å². The van der Waals surface area contributed by atoms with E-state index in [1.165, 1.54) is 24.3 Å². The number of nitro benzene ring substituents is 1. The second kappa shape index (κ2) is 5.79. The van der Waals surface area contributed by atoms with Crippen LogP contribution >= 0.6 is 0 Å². The monoisotopic (exact) mass is 286 g/mol. The van der Waals surface area contributed by atoms with Crippen molar-refractivity contribution in [3.05, 3.63) is 63.5 Å². The molecule has 21 heavy (non-hydrogen) atoms. The van der Waals surface area contributed by atoms with Crippen LogP contribution < -0.4 is 4.74 Å². The van der Waals surface area contributed by atoms with Crippen molar-refractivity contribution in [2.75, 3.05) is 0 Å². The van der Waals surface area contributed by atoms with Crippen molar-refractivity contribution < 1.29 is 18.8 Å². The number of para-hydroxylation sites is 1. The summed E-state index contributed by atoms with van der Waals surface area (Å²) in [6.07, 6.45) is 0.383. The molecule has 104 valence electrons. The number of hydrogen-bond acceptors (Lipinski definition) is 5. The van der Waals surface area contributed by atoms with Gasteiger partial charge in [0.1, 0.15) is 0 Å². The van der Waals surface area contributed by atoms with Crippen LogP contribution in [0.1, 0.15) is 15.9 Å². The molecule has 0 unspecified atom stereocenters. The highest BCUT2D eigenvalue weighted by Gasteiger charge is 2.19. The second-order valence-electron chi connectivity index (χ2n) is 3.93. The number of nitro groups is 1. The van der Waals surface area contributed by atoms with Crippen molar-refractivity contribution in [2.24, 2.45) is 0 Å². The Balaban J connectivity index is 2.52. The van der Waals surface area contributed by atoms with E-state index in [0.29, 0.717) is 6.29 Å². The van der Waals surface area contributed by atoms with Gasteiger partial charge >= 0.3 is 5.69 Å². The van der Waals surface area contributed by atoms with E-state index in [9.17, 15) is 19.3 Å². The van der Waals surface area contributed by atoms with E-state index in [1.807, 2.05) is 0 Å². The van der Waals surface area contributed by atoms with Gasteiger partial charge in [-0.2, -0.15) is 5.26 Å². The third-order valence-electron chi connectivity index (χ3n) is 2.62. The van der Waals surface area contributed by atoms with Crippen LogP contribution in [0.15, 0.2) is 36.4 Å². The lowest BCUT2D eigenvalue weighted by Gasteiger charge is -2.09. The van der Waals surface area contributed by atoms with E-state index in [4.69, 9.17) is 10.00 Å². The second-order valence-corrected chi connectivity index (χ2v) is 3.93. The van der Waals surface area contributed by atoms with Gasteiger partial charge in [0.05, 0.1) is 22.1 Å². The number of ether oxygens (including phenoxy) is 1. The maximum absolute atomic E-state index is 13.7. The van der Waals surface area contributed by atoms with Crippen LogP contribution in [0.4, 0.5) is 10.1 Å². The van der Waals surface area contributed by atoms with E-state index in [0.717, 1.165) is 12.1 Å². The third-order valence-corrected chi connectivity index (χ3v) is 2.62. The van der Waals surface area contributed by atoms with Gasteiger partial charge in [-0.25, -0.2) is 4.39 Å². The van der Waals surface area contributed by atoms with Gasteiger partial charge in [0, 0.05) is 6.07 Å². The first-order valence-corrected chi connectivity index (χ1v) is 5.67. The lowest BCUT2D eigenvalue weighted by molar-refractivity contribution is -0.385. The zero-order valence-electron chi connectivity index (χ0n) is 10.4. The molecular weight excluding hydrogens is 279 g/mol. The Kier molecular flexibility index (Phi) is 3.90. The van der Waals surface area contributed by atoms with Gasteiger partial charge in [0.25, 0.3) is 0 Å². The number of rotatable bonds is 4. The molecule has 0 bridgehead atoms. The van der Waals surface area contributed by atoms with Crippen molar-refractivity contribution in [3.8, 4) is 17.6 Å². The Morgan fingerprint density at radius 2 is 2.10 bits per heavy atom. The smallest absolute Gasteiger partial charge is 0.312 e. The highest BCUT2D eigenvalue weighted by atomic mass is 19.1. The van der Waals surface area contributed by atoms with E-state index in [-0.39, 0.29) is 16.9 Å². The van der Waals surface area contributed by atoms with Crippen molar-refractivity contribution in [2.45, 2.75) is 0 Å². The highest BCUT2D eigenvalue weighted by molar-refractivity contribution is 5.79. The predicted molar refractivity (Wildman–Crippen MR) is 69.7 cm³/mol. The predicted octanol–water partition coefficient (Wildman–Crippen LogP) is 3.21. The first kappa shape index (κ1) is 14.1. The fourth-order valence-corrected chi connectivity index (χ4v) is 1.65. The molecule has 0 aliphatic carbocycles. The topological polar surface area (TPSA) is 93.2 Å². The molecule has 0 atom stereocenters. The minimum Gasteiger partial charge on any atom is -0.446 e. The summed E-state index contributed by atoms with van der Waals surface area (Å²) < 4.78 is 18.9. The first-order chi connectivity index (χ1) is 10.1. The summed E-state index contributed by atoms with van der Waals surface area (Å²) in [6.45, 7) is 0. The quantitative estimate of drug-likeness (QED) is 0.488. The van der Waals surface area contributed by atoms with Crippen molar-refractivity contribution in [1.82, 2.24) is 0 Å². The number of hydrogen-bond donors (Lipinski definition) is 0. The van der Waals surface area contributed by atoms with Crippen molar-refractivity contribution in [3.63, 3.8) is 0 Å². The Labute approximate surface area is 118 Å². The molecule has 0 aliphatic heterocycles. The summed E-state index contributed by atoms with van der Waals surface area (Å²) in [5, 5.41) is 19.7. The SMILES string of the molecule is N#Cc1ccc(Oc2c(F)cccc2C=O)c([N+](=O)[O-])c1. The minimum atomic E-state index is -0.821. The average Bonchev–Trinajstić information content (AvgIpc) is 2.49. The Morgan fingerprint density at radius 3 is 2.71 bits per heavy atom. The maximum atomic E-state index is 13.7. The fourth-order valence-electron chi connectivity index (χ4n) is 1.65. The number of halogens is 1. The highest BCUT2D eigenvalue weighted by Crippen LogP contribution is 2.34. The molecule has 0 aliphatic rings. The zero-order valence-corrected chi connectivity index (χ0v) is 10.4. The molecule has 2 aromatic carbocycles. The van der Waals surface area contributed by atoms with Crippen molar-refractivity contribution in [1.29, 1.82) is 5.26 Å². The molecule has 6 nitrogen and oxygen atoms in total. The van der Waals surface area contributed by atoms with Crippen LogP contribution in [-0.2, 0) is 0 Å². The van der Waals surface area contributed by atoms with Gasteiger partial charge < -0.3 is 4.74 Å². The largest absolute Gasteiger partial charge is 0.446 e. The first-order valence-electron chi connectivity index (χ1n) is 5.67. The molecule has 0 amide bonds. The molecular formula is C14H7FN2O4. The van der Waals surface area contributed by atoms with Gasteiger partial charge in [-0.05, 0) is 24.3 Å². The van der Waals surface area contributed by atoms with E-state index < -0.39 is 22.2 Å². The maximum Gasteiger partial charge on any atom is 0.312 e. The summed E-state index contributed by atoms with van der Waals surface area (Å²) >= 11 is 0. The average molecular weight is 286 g/mol. The molecule has 7 heteroatoms. The van der Waals surface area contributed by atoms with E-state index >= 15 is 0 Å². The molecule has 2 aromatic rings. The minimum absolute atomic E-state index is 0.0678.